The molecule has 0 fully saturated rings. The Balaban J connectivity index is 2.23. The van der Waals surface area contributed by atoms with Gasteiger partial charge in [-0.1, -0.05) is 60.7 Å². The Morgan fingerprint density at radius 2 is 1.41 bits per heavy atom. The first-order chi connectivity index (χ1) is 10.7. The summed E-state index contributed by atoms with van der Waals surface area (Å²) in [6.07, 6.45) is 1.58. The summed E-state index contributed by atoms with van der Waals surface area (Å²) in [5.74, 6) is 0. The summed E-state index contributed by atoms with van der Waals surface area (Å²) < 4.78 is 5.09. The highest BCUT2D eigenvalue weighted by atomic mass is 16.5. The van der Waals surface area contributed by atoms with Crippen molar-refractivity contribution in [2.24, 2.45) is 0 Å². The summed E-state index contributed by atoms with van der Waals surface area (Å²) in [5.41, 5.74) is 0.583. The molecule has 1 heterocycles. The standard InChI is InChI=1S/C18H16N2O2/c1-22-17-19-13-12-16(20-17)18(21,14-8-4-2-5-9-14)15-10-6-3-7-11-15/h2-13,21H,1H3. The second-order valence-corrected chi connectivity index (χ2v) is 4.87. The van der Waals surface area contributed by atoms with E-state index >= 15 is 0 Å². The molecule has 22 heavy (non-hydrogen) atoms. The smallest absolute Gasteiger partial charge is 0.316 e. The highest BCUT2D eigenvalue weighted by molar-refractivity contribution is 5.44. The van der Waals surface area contributed by atoms with E-state index in [1.54, 1.807) is 12.3 Å². The van der Waals surface area contributed by atoms with E-state index < -0.39 is 5.60 Å². The molecule has 0 saturated heterocycles. The minimum atomic E-state index is -1.36. The predicted molar refractivity (Wildman–Crippen MR) is 83.6 cm³/mol. The average Bonchev–Trinajstić information content (AvgIpc) is 2.62. The normalized spacial score (nSPS) is 11.2. The van der Waals surface area contributed by atoms with E-state index in [0.29, 0.717) is 5.69 Å². The fourth-order valence-corrected chi connectivity index (χ4v) is 2.46. The van der Waals surface area contributed by atoms with Crippen molar-refractivity contribution in [1.82, 2.24) is 9.97 Å². The highest BCUT2D eigenvalue weighted by Crippen LogP contribution is 2.35. The van der Waals surface area contributed by atoms with Gasteiger partial charge in [-0.05, 0) is 17.2 Å². The molecule has 0 aliphatic rings. The summed E-state index contributed by atoms with van der Waals surface area (Å²) >= 11 is 0. The highest BCUT2D eigenvalue weighted by Gasteiger charge is 2.35. The van der Waals surface area contributed by atoms with Crippen LogP contribution in [-0.4, -0.2) is 22.2 Å². The zero-order valence-electron chi connectivity index (χ0n) is 12.2. The zero-order chi connectivity index (χ0) is 15.4. The fourth-order valence-electron chi connectivity index (χ4n) is 2.46. The Hall–Kier alpha value is -2.72. The summed E-state index contributed by atoms with van der Waals surface area (Å²) in [5, 5.41) is 11.5. The van der Waals surface area contributed by atoms with E-state index in [4.69, 9.17) is 4.74 Å². The van der Waals surface area contributed by atoms with Crippen LogP contribution in [0.5, 0.6) is 6.01 Å². The van der Waals surface area contributed by atoms with Crippen molar-refractivity contribution >= 4 is 0 Å². The third-order valence-corrected chi connectivity index (χ3v) is 3.57. The van der Waals surface area contributed by atoms with Gasteiger partial charge in [-0.2, -0.15) is 4.98 Å². The topological polar surface area (TPSA) is 55.2 Å². The molecular formula is C18H16N2O2. The van der Waals surface area contributed by atoms with Gasteiger partial charge in [0.2, 0.25) is 0 Å². The molecule has 110 valence electrons. The number of aromatic nitrogens is 2. The van der Waals surface area contributed by atoms with Gasteiger partial charge in [-0.15, -0.1) is 0 Å². The van der Waals surface area contributed by atoms with Crippen LogP contribution in [0.15, 0.2) is 72.9 Å². The van der Waals surface area contributed by atoms with Crippen LogP contribution in [0.3, 0.4) is 0 Å². The summed E-state index contributed by atoms with van der Waals surface area (Å²) in [6.45, 7) is 0. The third kappa shape index (κ3) is 2.44. The molecule has 0 bridgehead atoms. The van der Waals surface area contributed by atoms with Crippen molar-refractivity contribution in [3.05, 3.63) is 89.7 Å². The SMILES string of the molecule is COc1nccc(C(O)(c2ccccc2)c2ccccc2)n1. The first-order valence-corrected chi connectivity index (χ1v) is 6.96. The molecule has 0 amide bonds. The molecule has 1 aromatic heterocycles. The number of hydrogen-bond donors (Lipinski definition) is 1. The van der Waals surface area contributed by atoms with Crippen molar-refractivity contribution in [3.63, 3.8) is 0 Å². The van der Waals surface area contributed by atoms with Gasteiger partial charge in [-0.25, -0.2) is 4.98 Å². The van der Waals surface area contributed by atoms with E-state index in [9.17, 15) is 5.11 Å². The van der Waals surface area contributed by atoms with Gasteiger partial charge in [0.1, 0.15) is 0 Å². The van der Waals surface area contributed by atoms with Crippen LogP contribution in [-0.2, 0) is 5.60 Å². The lowest BCUT2D eigenvalue weighted by Gasteiger charge is -2.28. The second kappa shape index (κ2) is 5.95. The maximum Gasteiger partial charge on any atom is 0.316 e. The Morgan fingerprint density at radius 1 is 0.864 bits per heavy atom. The Labute approximate surface area is 129 Å². The molecule has 3 aromatic rings. The molecule has 0 radical (unpaired) electrons. The Bertz CT molecular complexity index is 706. The Kier molecular flexibility index (Phi) is 3.85. The third-order valence-electron chi connectivity index (χ3n) is 3.57. The summed E-state index contributed by atoms with van der Waals surface area (Å²) in [6, 6.07) is 20.8. The Morgan fingerprint density at radius 3 is 1.91 bits per heavy atom. The molecule has 0 spiro atoms. The minimum absolute atomic E-state index is 0.225. The number of aliphatic hydroxyl groups is 1. The van der Waals surface area contributed by atoms with Crippen LogP contribution >= 0.6 is 0 Å². The molecule has 2 aromatic carbocycles. The fraction of sp³-hybridized carbons (Fsp3) is 0.111. The van der Waals surface area contributed by atoms with Crippen molar-refractivity contribution in [1.29, 1.82) is 0 Å². The van der Waals surface area contributed by atoms with Gasteiger partial charge in [-0.3, -0.25) is 0 Å². The van der Waals surface area contributed by atoms with Gasteiger partial charge in [0.05, 0.1) is 12.8 Å². The van der Waals surface area contributed by atoms with Crippen molar-refractivity contribution < 1.29 is 9.84 Å². The lowest BCUT2D eigenvalue weighted by atomic mass is 9.83. The second-order valence-electron chi connectivity index (χ2n) is 4.87. The maximum atomic E-state index is 11.5. The van der Waals surface area contributed by atoms with Crippen molar-refractivity contribution in [2.75, 3.05) is 7.11 Å². The van der Waals surface area contributed by atoms with Gasteiger partial charge in [0.15, 0.2) is 5.60 Å². The van der Waals surface area contributed by atoms with E-state index in [1.807, 2.05) is 60.7 Å². The van der Waals surface area contributed by atoms with E-state index in [2.05, 4.69) is 9.97 Å². The number of ether oxygens (including phenoxy) is 1. The molecule has 0 saturated carbocycles. The average molecular weight is 292 g/mol. The zero-order valence-corrected chi connectivity index (χ0v) is 12.2. The molecule has 3 rings (SSSR count). The largest absolute Gasteiger partial charge is 0.467 e. The maximum absolute atomic E-state index is 11.5. The first-order valence-electron chi connectivity index (χ1n) is 6.96. The lowest BCUT2D eigenvalue weighted by Crippen LogP contribution is -2.30. The van der Waals surface area contributed by atoms with Crippen LogP contribution in [0.25, 0.3) is 0 Å². The lowest BCUT2D eigenvalue weighted by molar-refractivity contribution is 0.119. The van der Waals surface area contributed by atoms with Gasteiger partial charge in [0, 0.05) is 6.20 Å². The van der Waals surface area contributed by atoms with Crippen LogP contribution in [0.2, 0.25) is 0 Å². The van der Waals surface area contributed by atoms with E-state index in [0.717, 1.165) is 11.1 Å². The molecule has 0 aliphatic heterocycles. The van der Waals surface area contributed by atoms with Gasteiger partial charge < -0.3 is 9.84 Å². The van der Waals surface area contributed by atoms with Crippen LogP contribution < -0.4 is 4.74 Å². The predicted octanol–water partition coefficient (Wildman–Crippen LogP) is 2.77. The molecule has 4 nitrogen and oxygen atoms in total. The number of rotatable bonds is 4. The molecular weight excluding hydrogens is 276 g/mol. The van der Waals surface area contributed by atoms with Crippen LogP contribution in [0.4, 0.5) is 0 Å². The van der Waals surface area contributed by atoms with Crippen molar-refractivity contribution in [3.8, 4) is 6.01 Å². The van der Waals surface area contributed by atoms with Crippen LogP contribution in [0, 0.1) is 0 Å². The summed E-state index contributed by atoms with van der Waals surface area (Å²) in [4.78, 5) is 8.35. The molecule has 0 unspecified atom stereocenters. The quantitative estimate of drug-likeness (QED) is 0.803. The number of methoxy groups -OCH3 is 1. The molecule has 0 atom stereocenters. The first kappa shape index (κ1) is 14.2. The van der Waals surface area contributed by atoms with E-state index in [-0.39, 0.29) is 6.01 Å². The number of nitrogens with zero attached hydrogens (tertiary/aromatic N) is 2. The van der Waals surface area contributed by atoms with Gasteiger partial charge >= 0.3 is 6.01 Å². The van der Waals surface area contributed by atoms with E-state index in [1.165, 1.54) is 7.11 Å². The van der Waals surface area contributed by atoms with Crippen LogP contribution in [0.1, 0.15) is 16.8 Å². The number of hydrogen-bond acceptors (Lipinski definition) is 4. The minimum Gasteiger partial charge on any atom is -0.467 e. The monoisotopic (exact) mass is 292 g/mol. The molecule has 4 heteroatoms. The molecule has 0 aliphatic carbocycles. The number of benzene rings is 2. The summed E-state index contributed by atoms with van der Waals surface area (Å²) in [7, 11) is 1.50. The van der Waals surface area contributed by atoms with Gasteiger partial charge in [0.25, 0.3) is 0 Å². The molecule has 1 N–H and O–H groups in total. The van der Waals surface area contributed by atoms with Crippen molar-refractivity contribution in [2.45, 2.75) is 5.60 Å².